The van der Waals surface area contributed by atoms with Gasteiger partial charge in [-0.3, -0.25) is 4.79 Å². The lowest BCUT2D eigenvalue weighted by Crippen LogP contribution is -2.63. The number of carbonyl (C=O) groups is 2. The summed E-state index contributed by atoms with van der Waals surface area (Å²) in [7, 11) is 1.23. The molecule has 2 saturated heterocycles. The van der Waals surface area contributed by atoms with Crippen molar-refractivity contribution in [1.29, 1.82) is 0 Å². The number of cyclic esters (lactones) is 1. The molecule has 2 aliphatic heterocycles. The van der Waals surface area contributed by atoms with Crippen molar-refractivity contribution in [3.63, 3.8) is 0 Å². The minimum absolute atomic E-state index is 0.0903. The predicted octanol–water partition coefficient (Wildman–Crippen LogP) is -0.0346. The first-order chi connectivity index (χ1) is 18.4. The summed E-state index contributed by atoms with van der Waals surface area (Å²) in [6.45, 7) is 3.11. The van der Waals surface area contributed by atoms with Gasteiger partial charge in [0.15, 0.2) is 6.29 Å². The molecule has 4 aliphatic rings. The van der Waals surface area contributed by atoms with E-state index in [4.69, 9.17) is 23.4 Å². The number of rotatable bonds is 5. The molecule has 5 rings (SSSR count). The second kappa shape index (κ2) is 10.3. The van der Waals surface area contributed by atoms with Gasteiger partial charge in [0.05, 0.1) is 44.4 Å². The smallest absolute Gasteiger partial charge is 0.334 e. The molecule has 0 amide bonds. The Morgan fingerprint density at radius 2 is 1.87 bits per heavy atom. The Kier molecular flexibility index (Phi) is 7.42. The van der Waals surface area contributed by atoms with Gasteiger partial charge in [0, 0.05) is 16.6 Å². The summed E-state index contributed by atoms with van der Waals surface area (Å²) in [5.74, 6) is -2.26. The summed E-state index contributed by atoms with van der Waals surface area (Å²) in [4.78, 5) is 26.4. The van der Waals surface area contributed by atoms with Crippen LogP contribution in [0.5, 0.6) is 0 Å². The fourth-order valence-corrected chi connectivity index (χ4v) is 7.25. The molecule has 0 spiro atoms. The lowest BCUT2D eigenvalue weighted by atomic mass is 9.44. The Morgan fingerprint density at radius 3 is 2.51 bits per heavy atom. The Bertz CT molecular complexity index is 1100. The molecule has 2 aliphatic carbocycles. The zero-order valence-corrected chi connectivity index (χ0v) is 22.0. The van der Waals surface area contributed by atoms with Gasteiger partial charge in [-0.2, -0.15) is 0 Å². The molecule has 12 heteroatoms. The summed E-state index contributed by atoms with van der Waals surface area (Å²) in [6.07, 6.45) is -4.72. The van der Waals surface area contributed by atoms with Crippen molar-refractivity contribution < 1.29 is 58.5 Å². The van der Waals surface area contributed by atoms with E-state index in [1.165, 1.54) is 25.7 Å². The number of ether oxygens (including phenoxy) is 4. The Labute approximate surface area is 225 Å². The van der Waals surface area contributed by atoms with Gasteiger partial charge in [0.1, 0.15) is 30.5 Å². The van der Waals surface area contributed by atoms with Crippen LogP contribution in [0.4, 0.5) is 0 Å². The summed E-state index contributed by atoms with van der Waals surface area (Å²) >= 11 is 0. The van der Waals surface area contributed by atoms with E-state index in [1.807, 2.05) is 6.92 Å². The lowest BCUT2D eigenvalue weighted by molar-refractivity contribution is -0.311. The van der Waals surface area contributed by atoms with Crippen molar-refractivity contribution in [2.45, 2.75) is 82.1 Å². The molecule has 39 heavy (non-hydrogen) atoms. The first-order valence-electron chi connectivity index (χ1n) is 13.1. The molecule has 1 aromatic heterocycles. The van der Waals surface area contributed by atoms with Gasteiger partial charge in [0.2, 0.25) is 0 Å². The fourth-order valence-electron chi connectivity index (χ4n) is 7.25. The second-order valence-electron chi connectivity index (χ2n) is 11.5. The molecule has 1 aromatic rings. The topological polar surface area (TPSA) is 185 Å². The molecular weight excluding hydrogens is 516 g/mol. The van der Waals surface area contributed by atoms with E-state index in [0.29, 0.717) is 12.0 Å². The second-order valence-corrected chi connectivity index (χ2v) is 11.5. The number of aliphatic hydroxyl groups excluding tert-OH is 5. The summed E-state index contributed by atoms with van der Waals surface area (Å²) in [5.41, 5.74) is -0.992. The minimum Gasteiger partial charge on any atom is -0.472 e. The van der Waals surface area contributed by atoms with Crippen LogP contribution in [0.25, 0.3) is 0 Å². The van der Waals surface area contributed by atoms with Crippen LogP contribution in [-0.4, -0.2) is 94.1 Å². The van der Waals surface area contributed by atoms with Crippen LogP contribution in [0.1, 0.15) is 44.8 Å². The number of aliphatic hydroxyl groups is 5. The van der Waals surface area contributed by atoms with Crippen molar-refractivity contribution in [3.8, 4) is 0 Å². The maximum absolute atomic E-state index is 13.3. The van der Waals surface area contributed by atoms with E-state index in [0.717, 1.165) is 0 Å². The molecule has 0 aromatic carbocycles. The predicted molar refractivity (Wildman–Crippen MR) is 129 cm³/mol. The first-order valence-corrected chi connectivity index (χ1v) is 13.1. The van der Waals surface area contributed by atoms with Crippen LogP contribution in [0.15, 0.2) is 34.7 Å². The molecule has 0 bridgehead atoms. The van der Waals surface area contributed by atoms with Crippen molar-refractivity contribution in [2.75, 3.05) is 13.7 Å². The van der Waals surface area contributed by atoms with Crippen molar-refractivity contribution in [2.24, 2.45) is 22.7 Å². The minimum atomic E-state index is -1.64. The van der Waals surface area contributed by atoms with Crippen molar-refractivity contribution in [3.05, 3.63) is 35.8 Å². The number of fused-ring (bicyclic) bond motifs is 3. The maximum Gasteiger partial charge on any atom is 0.334 e. The lowest BCUT2D eigenvalue weighted by Gasteiger charge is -2.61. The quantitative estimate of drug-likeness (QED) is 0.308. The molecule has 0 unspecified atom stereocenters. The maximum atomic E-state index is 13.3. The molecule has 216 valence electrons. The normalized spacial score (nSPS) is 45.9. The van der Waals surface area contributed by atoms with Gasteiger partial charge < -0.3 is 48.9 Å². The van der Waals surface area contributed by atoms with E-state index in [2.05, 4.69) is 0 Å². The van der Waals surface area contributed by atoms with E-state index in [9.17, 15) is 35.1 Å². The highest BCUT2D eigenvalue weighted by atomic mass is 16.7. The highest BCUT2D eigenvalue weighted by molar-refractivity contribution is 5.91. The van der Waals surface area contributed by atoms with Crippen LogP contribution < -0.4 is 0 Å². The third-order valence-corrected chi connectivity index (χ3v) is 9.51. The van der Waals surface area contributed by atoms with Crippen LogP contribution in [0.2, 0.25) is 0 Å². The number of furan rings is 1. The SMILES string of the molecule is COC(=O)C1=C[C@H](O[C@@H]2O[C@H](CO)[C@@H](O)[C@H](O)[C@H]2O)C[C@H]2[C@]3(C)C[C@@H](c4ccoc4)OC(=O)[C@H]3C[C@H](O)[C@@]12C. The monoisotopic (exact) mass is 552 g/mol. The molecule has 12 nitrogen and oxygen atoms in total. The molecule has 12 atom stereocenters. The zero-order chi connectivity index (χ0) is 28.3. The summed E-state index contributed by atoms with van der Waals surface area (Å²) < 4.78 is 27.6. The molecule has 5 N–H and O–H groups in total. The third-order valence-electron chi connectivity index (χ3n) is 9.51. The van der Waals surface area contributed by atoms with Crippen molar-refractivity contribution >= 4 is 11.9 Å². The molecule has 3 fully saturated rings. The number of esters is 2. The standard InChI is InChI=1S/C27H36O12/c1-26-9-16(12-4-5-36-11-12)38-24(34)14(26)8-19(29)27(2)15(23(33)35-3)6-13(7-18(26)27)37-25-22(32)21(31)20(30)17(10-28)39-25/h4-6,11,13-14,16-22,25,28-32H,7-10H2,1-3H3/t13-,14+,16-,17+,18-,19-,20+,21-,22+,25+,26+,27-/m0/s1. The largest absolute Gasteiger partial charge is 0.472 e. The van der Waals surface area contributed by atoms with E-state index < -0.39 is 90.2 Å². The zero-order valence-electron chi connectivity index (χ0n) is 22.0. The number of carbonyl (C=O) groups excluding carboxylic acids is 2. The number of hydrogen-bond acceptors (Lipinski definition) is 12. The molecular formula is C27H36O12. The highest BCUT2D eigenvalue weighted by Crippen LogP contribution is 2.65. The van der Waals surface area contributed by atoms with Gasteiger partial charge in [0.25, 0.3) is 0 Å². The molecule has 3 heterocycles. The van der Waals surface area contributed by atoms with E-state index in [1.54, 1.807) is 13.0 Å². The Balaban J connectivity index is 1.52. The van der Waals surface area contributed by atoms with Gasteiger partial charge in [-0.1, -0.05) is 13.8 Å². The summed E-state index contributed by atoms with van der Waals surface area (Å²) in [6, 6.07) is 1.73. The highest BCUT2D eigenvalue weighted by Gasteiger charge is 2.66. The van der Waals surface area contributed by atoms with Crippen LogP contribution in [-0.2, 0) is 28.5 Å². The van der Waals surface area contributed by atoms with Crippen LogP contribution in [0.3, 0.4) is 0 Å². The van der Waals surface area contributed by atoms with Gasteiger partial charge in [-0.05, 0) is 42.7 Å². The fraction of sp³-hybridized carbons (Fsp3) is 0.704. The van der Waals surface area contributed by atoms with E-state index >= 15 is 0 Å². The Morgan fingerprint density at radius 1 is 1.13 bits per heavy atom. The first kappa shape index (κ1) is 28.2. The van der Waals surface area contributed by atoms with Gasteiger partial charge in [-0.25, -0.2) is 4.79 Å². The third kappa shape index (κ3) is 4.42. The van der Waals surface area contributed by atoms with Crippen LogP contribution in [0, 0.1) is 22.7 Å². The average Bonchev–Trinajstić information content (AvgIpc) is 3.45. The van der Waals surface area contributed by atoms with Crippen molar-refractivity contribution in [1.82, 2.24) is 0 Å². The van der Waals surface area contributed by atoms with E-state index in [-0.39, 0.29) is 18.4 Å². The van der Waals surface area contributed by atoms with Crippen LogP contribution >= 0.6 is 0 Å². The number of hydrogen-bond donors (Lipinski definition) is 5. The Hall–Kier alpha value is -2.32. The number of methoxy groups -OCH3 is 1. The summed E-state index contributed by atoms with van der Waals surface area (Å²) in [5, 5.41) is 51.9. The van der Waals surface area contributed by atoms with Gasteiger partial charge in [-0.15, -0.1) is 0 Å². The van der Waals surface area contributed by atoms with Gasteiger partial charge >= 0.3 is 11.9 Å². The average molecular weight is 553 g/mol. The molecule has 1 saturated carbocycles. The molecule has 0 radical (unpaired) electrons.